The maximum atomic E-state index is 13.2. The maximum absolute atomic E-state index is 13.2. The number of amides is 1. The predicted molar refractivity (Wildman–Crippen MR) is 110 cm³/mol. The molecule has 4 rings (SSSR count). The molecule has 29 heavy (non-hydrogen) atoms. The fourth-order valence-corrected chi connectivity index (χ4v) is 3.55. The number of piperazine rings is 1. The first-order valence-corrected chi connectivity index (χ1v) is 9.64. The van der Waals surface area contributed by atoms with Crippen LogP contribution in [0.2, 0.25) is 0 Å². The maximum Gasteiger partial charge on any atom is 0.255 e. The van der Waals surface area contributed by atoms with Crippen molar-refractivity contribution in [2.75, 3.05) is 26.2 Å². The van der Waals surface area contributed by atoms with Gasteiger partial charge in [0.1, 0.15) is 5.82 Å². The summed E-state index contributed by atoms with van der Waals surface area (Å²) in [7, 11) is 0. The second-order valence-corrected chi connectivity index (χ2v) is 7.16. The quantitative estimate of drug-likeness (QED) is 0.687. The number of pyridine rings is 1. The molecule has 0 atom stereocenters. The van der Waals surface area contributed by atoms with Crippen molar-refractivity contribution >= 4 is 5.91 Å². The van der Waals surface area contributed by atoms with Gasteiger partial charge in [0.05, 0.1) is 5.56 Å². The zero-order valence-corrected chi connectivity index (χ0v) is 16.0. The number of nitrogens with zero attached hydrogens (tertiary/aromatic N) is 3. The fourth-order valence-electron chi connectivity index (χ4n) is 3.55. The number of carbonyl (C=O) groups excluding carboxylic acids is 1. The number of hydrogen-bond donors (Lipinski definition) is 0. The second-order valence-electron chi connectivity index (χ2n) is 7.16. The molecule has 0 bridgehead atoms. The highest BCUT2D eigenvalue weighted by atomic mass is 19.1. The van der Waals surface area contributed by atoms with Crippen LogP contribution in [0.1, 0.15) is 15.9 Å². The van der Waals surface area contributed by atoms with Crippen LogP contribution < -0.4 is 5.56 Å². The molecule has 0 radical (unpaired) electrons. The summed E-state index contributed by atoms with van der Waals surface area (Å²) >= 11 is 0. The Labute approximate surface area is 168 Å². The molecule has 148 valence electrons. The molecule has 6 heteroatoms. The van der Waals surface area contributed by atoms with Gasteiger partial charge in [-0.1, -0.05) is 30.3 Å². The Hall–Kier alpha value is -3.25. The minimum Gasteiger partial charge on any atom is -0.336 e. The number of aromatic nitrogens is 1. The van der Waals surface area contributed by atoms with Crippen LogP contribution in [0.3, 0.4) is 0 Å². The van der Waals surface area contributed by atoms with E-state index in [4.69, 9.17) is 0 Å². The topological polar surface area (TPSA) is 45.6 Å². The van der Waals surface area contributed by atoms with Crippen molar-refractivity contribution in [2.45, 2.75) is 6.54 Å². The van der Waals surface area contributed by atoms with E-state index in [1.807, 2.05) is 23.1 Å². The average Bonchev–Trinajstić information content (AvgIpc) is 2.76. The van der Waals surface area contributed by atoms with Gasteiger partial charge < -0.3 is 4.90 Å². The van der Waals surface area contributed by atoms with E-state index < -0.39 is 0 Å². The predicted octanol–water partition coefficient (Wildman–Crippen LogP) is 2.93. The van der Waals surface area contributed by atoms with E-state index in [9.17, 15) is 14.0 Å². The smallest absolute Gasteiger partial charge is 0.255 e. The number of halogens is 1. The summed E-state index contributed by atoms with van der Waals surface area (Å²) in [6, 6.07) is 18.8. The summed E-state index contributed by atoms with van der Waals surface area (Å²) in [6.45, 7) is 3.76. The molecule has 0 aliphatic carbocycles. The van der Waals surface area contributed by atoms with E-state index in [0.717, 1.165) is 19.6 Å². The molecule has 0 N–H and O–H groups in total. The number of carbonyl (C=O) groups is 1. The van der Waals surface area contributed by atoms with Gasteiger partial charge in [0.15, 0.2) is 0 Å². The van der Waals surface area contributed by atoms with Gasteiger partial charge in [-0.2, -0.15) is 0 Å². The third-order valence-electron chi connectivity index (χ3n) is 5.17. The van der Waals surface area contributed by atoms with E-state index in [2.05, 4.69) is 17.0 Å². The summed E-state index contributed by atoms with van der Waals surface area (Å²) in [5.74, 6) is -0.470. The Morgan fingerprint density at radius 3 is 2.24 bits per heavy atom. The first-order chi connectivity index (χ1) is 14.1. The molecule has 1 fully saturated rings. The minimum absolute atomic E-state index is 0.0970. The van der Waals surface area contributed by atoms with Gasteiger partial charge in [-0.3, -0.25) is 19.1 Å². The Kier molecular flexibility index (Phi) is 5.53. The molecule has 0 unspecified atom stereocenters. The molecule has 1 saturated heterocycles. The lowest BCUT2D eigenvalue weighted by Crippen LogP contribution is -2.48. The van der Waals surface area contributed by atoms with Crippen LogP contribution in [0.5, 0.6) is 0 Å². The van der Waals surface area contributed by atoms with Crippen molar-refractivity contribution in [3.8, 4) is 5.69 Å². The van der Waals surface area contributed by atoms with Gasteiger partial charge in [-0.15, -0.1) is 0 Å². The van der Waals surface area contributed by atoms with Crippen molar-refractivity contribution in [3.63, 3.8) is 0 Å². The fraction of sp³-hybridized carbons (Fsp3) is 0.217. The zero-order valence-electron chi connectivity index (χ0n) is 16.0. The molecule has 1 amide bonds. The molecule has 2 aromatic carbocycles. The van der Waals surface area contributed by atoms with Crippen LogP contribution in [0.4, 0.5) is 4.39 Å². The van der Waals surface area contributed by atoms with Crippen molar-refractivity contribution in [2.24, 2.45) is 0 Å². The summed E-state index contributed by atoms with van der Waals surface area (Å²) in [5.41, 5.74) is 1.98. The monoisotopic (exact) mass is 391 g/mol. The number of benzene rings is 2. The Balaban J connectivity index is 1.44. The lowest BCUT2D eigenvalue weighted by atomic mass is 10.2. The highest BCUT2D eigenvalue weighted by molar-refractivity contribution is 5.94. The van der Waals surface area contributed by atoms with Gasteiger partial charge >= 0.3 is 0 Å². The Morgan fingerprint density at radius 2 is 1.55 bits per heavy atom. The lowest BCUT2D eigenvalue weighted by Gasteiger charge is -2.34. The molecular formula is C23H22FN3O2. The van der Waals surface area contributed by atoms with Gasteiger partial charge in [0.25, 0.3) is 11.5 Å². The van der Waals surface area contributed by atoms with Crippen LogP contribution in [0.25, 0.3) is 5.69 Å². The van der Waals surface area contributed by atoms with Crippen molar-refractivity contribution in [3.05, 3.63) is 100 Å². The number of hydrogen-bond acceptors (Lipinski definition) is 3. The SMILES string of the molecule is O=C(c1ccc(=O)n(-c2ccc(F)cc2)c1)N1CCN(Cc2ccccc2)CC1. The third kappa shape index (κ3) is 4.43. The molecule has 2 heterocycles. The van der Waals surface area contributed by atoms with Crippen LogP contribution in [0, 0.1) is 5.82 Å². The van der Waals surface area contributed by atoms with Crippen molar-refractivity contribution in [1.82, 2.24) is 14.4 Å². The first-order valence-electron chi connectivity index (χ1n) is 9.64. The Bertz CT molecular complexity index is 1040. The average molecular weight is 391 g/mol. The van der Waals surface area contributed by atoms with E-state index in [1.165, 1.54) is 46.7 Å². The van der Waals surface area contributed by atoms with Gasteiger partial charge in [-0.05, 0) is 35.9 Å². The van der Waals surface area contributed by atoms with Gasteiger partial charge in [-0.25, -0.2) is 4.39 Å². The van der Waals surface area contributed by atoms with E-state index >= 15 is 0 Å². The van der Waals surface area contributed by atoms with Gasteiger partial charge in [0.2, 0.25) is 0 Å². The standard InChI is InChI=1S/C23H22FN3O2/c24-20-7-9-21(10-8-20)27-17-19(6-11-22(27)28)23(29)26-14-12-25(13-15-26)16-18-4-2-1-3-5-18/h1-11,17H,12-16H2. The summed E-state index contributed by atoms with van der Waals surface area (Å²) in [5, 5.41) is 0. The highest BCUT2D eigenvalue weighted by Crippen LogP contribution is 2.13. The largest absolute Gasteiger partial charge is 0.336 e. The lowest BCUT2D eigenvalue weighted by molar-refractivity contribution is 0.0628. The molecule has 1 aliphatic heterocycles. The Morgan fingerprint density at radius 1 is 0.862 bits per heavy atom. The molecule has 0 saturated carbocycles. The highest BCUT2D eigenvalue weighted by Gasteiger charge is 2.22. The minimum atomic E-state index is -0.373. The molecule has 0 spiro atoms. The number of rotatable bonds is 4. The molecule has 3 aromatic rings. The van der Waals surface area contributed by atoms with Gasteiger partial charge in [0, 0.05) is 50.7 Å². The van der Waals surface area contributed by atoms with E-state index in [0.29, 0.717) is 24.3 Å². The third-order valence-corrected chi connectivity index (χ3v) is 5.17. The summed E-state index contributed by atoms with van der Waals surface area (Å²) < 4.78 is 14.5. The van der Waals surface area contributed by atoms with Crippen molar-refractivity contribution < 1.29 is 9.18 Å². The zero-order chi connectivity index (χ0) is 20.2. The molecule has 1 aromatic heterocycles. The first kappa shape index (κ1) is 19.1. The van der Waals surface area contributed by atoms with Crippen LogP contribution >= 0.6 is 0 Å². The van der Waals surface area contributed by atoms with Crippen LogP contribution in [-0.4, -0.2) is 46.5 Å². The molecule has 5 nitrogen and oxygen atoms in total. The molecular weight excluding hydrogens is 369 g/mol. The normalized spacial score (nSPS) is 14.7. The summed E-state index contributed by atoms with van der Waals surface area (Å²) in [4.78, 5) is 29.3. The van der Waals surface area contributed by atoms with E-state index in [1.54, 1.807) is 6.07 Å². The van der Waals surface area contributed by atoms with E-state index in [-0.39, 0.29) is 17.3 Å². The van der Waals surface area contributed by atoms with Crippen LogP contribution in [-0.2, 0) is 6.54 Å². The van der Waals surface area contributed by atoms with Crippen LogP contribution in [0.15, 0.2) is 77.7 Å². The van der Waals surface area contributed by atoms with Crippen molar-refractivity contribution in [1.29, 1.82) is 0 Å². The second kappa shape index (κ2) is 8.41. The summed E-state index contributed by atoms with van der Waals surface area (Å²) in [6.07, 6.45) is 1.54. The molecule has 1 aliphatic rings.